The minimum absolute atomic E-state index is 0.168. The SMILES string of the molecule is C[C@@H]1C(=O)N(Cc2ccc(Cl)cc2Cl)c2ccccc2N1C(=O)c1ccccc1. The number of nitrogens with zero attached hydrogens (tertiary/aromatic N) is 2. The van der Waals surface area contributed by atoms with E-state index in [1.165, 1.54) is 0 Å². The predicted octanol–water partition coefficient (Wildman–Crippen LogP) is 5.58. The maximum atomic E-state index is 13.3. The van der Waals surface area contributed by atoms with Crippen LogP contribution in [0.25, 0.3) is 0 Å². The smallest absolute Gasteiger partial charge is 0.259 e. The van der Waals surface area contributed by atoms with E-state index in [-0.39, 0.29) is 11.8 Å². The Kier molecular flexibility index (Phi) is 5.31. The molecule has 0 radical (unpaired) electrons. The summed E-state index contributed by atoms with van der Waals surface area (Å²) in [7, 11) is 0. The average molecular weight is 425 g/mol. The quantitative estimate of drug-likeness (QED) is 0.550. The molecule has 0 fully saturated rings. The summed E-state index contributed by atoms with van der Waals surface area (Å²) in [6.45, 7) is 2.04. The van der Waals surface area contributed by atoms with Crippen molar-refractivity contribution in [3.8, 4) is 0 Å². The second kappa shape index (κ2) is 7.90. The third-order valence-corrected chi connectivity index (χ3v) is 5.61. The average Bonchev–Trinajstić information content (AvgIpc) is 2.73. The van der Waals surface area contributed by atoms with E-state index in [1.54, 1.807) is 41.0 Å². The van der Waals surface area contributed by atoms with Gasteiger partial charge in [0.1, 0.15) is 6.04 Å². The van der Waals surface area contributed by atoms with Crippen LogP contribution in [0.3, 0.4) is 0 Å². The number of para-hydroxylation sites is 2. The molecule has 1 aliphatic heterocycles. The highest BCUT2D eigenvalue weighted by Gasteiger charge is 2.38. The van der Waals surface area contributed by atoms with Gasteiger partial charge in [0.15, 0.2) is 0 Å². The van der Waals surface area contributed by atoms with Gasteiger partial charge in [0.25, 0.3) is 5.91 Å². The third kappa shape index (κ3) is 3.61. The van der Waals surface area contributed by atoms with Crippen molar-refractivity contribution in [3.05, 3.63) is 94.0 Å². The van der Waals surface area contributed by atoms with Gasteiger partial charge in [-0.25, -0.2) is 0 Å². The van der Waals surface area contributed by atoms with Gasteiger partial charge in [-0.05, 0) is 48.9 Å². The van der Waals surface area contributed by atoms with E-state index in [2.05, 4.69) is 0 Å². The molecule has 0 unspecified atom stereocenters. The van der Waals surface area contributed by atoms with Gasteiger partial charge in [-0.2, -0.15) is 0 Å². The van der Waals surface area contributed by atoms with Gasteiger partial charge in [-0.1, -0.05) is 59.6 Å². The summed E-state index contributed by atoms with van der Waals surface area (Å²) in [6.07, 6.45) is 0. The van der Waals surface area contributed by atoms with Crippen LogP contribution in [-0.2, 0) is 11.3 Å². The lowest BCUT2D eigenvalue weighted by atomic mass is 10.0. The van der Waals surface area contributed by atoms with Crippen molar-refractivity contribution < 1.29 is 9.59 Å². The lowest BCUT2D eigenvalue weighted by molar-refractivity contribution is -0.119. The number of hydrogen-bond donors (Lipinski definition) is 0. The molecule has 0 spiro atoms. The van der Waals surface area contributed by atoms with Gasteiger partial charge in [0.2, 0.25) is 5.91 Å². The molecule has 0 bridgehead atoms. The van der Waals surface area contributed by atoms with Crippen LogP contribution in [0, 0.1) is 0 Å². The molecule has 4 nitrogen and oxygen atoms in total. The fraction of sp³-hybridized carbons (Fsp3) is 0.130. The van der Waals surface area contributed by atoms with E-state index in [9.17, 15) is 9.59 Å². The zero-order valence-corrected chi connectivity index (χ0v) is 17.2. The molecule has 2 amide bonds. The number of amides is 2. The fourth-order valence-corrected chi connectivity index (χ4v) is 4.02. The molecule has 4 rings (SSSR count). The van der Waals surface area contributed by atoms with Crippen LogP contribution < -0.4 is 9.80 Å². The van der Waals surface area contributed by atoms with Gasteiger partial charge >= 0.3 is 0 Å². The first-order valence-electron chi connectivity index (χ1n) is 9.20. The highest BCUT2D eigenvalue weighted by atomic mass is 35.5. The minimum atomic E-state index is -0.649. The Labute approximate surface area is 179 Å². The maximum absolute atomic E-state index is 13.3. The first kappa shape index (κ1) is 19.5. The molecule has 1 aliphatic rings. The number of halogens is 2. The molecular weight excluding hydrogens is 407 g/mol. The molecular formula is C23H18Cl2N2O2. The molecule has 3 aromatic carbocycles. The number of benzene rings is 3. The second-order valence-electron chi connectivity index (χ2n) is 6.87. The van der Waals surface area contributed by atoms with E-state index in [4.69, 9.17) is 23.2 Å². The summed E-state index contributed by atoms with van der Waals surface area (Å²) in [5, 5.41) is 1.04. The van der Waals surface area contributed by atoms with E-state index in [0.717, 1.165) is 5.56 Å². The lowest BCUT2D eigenvalue weighted by Gasteiger charge is -2.40. The molecule has 3 aromatic rings. The Morgan fingerprint density at radius 3 is 2.28 bits per heavy atom. The largest absolute Gasteiger partial charge is 0.304 e. The summed E-state index contributed by atoms with van der Waals surface area (Å²) >= 11 is 12.3. The molecule has 6 heteroatoms. The van der Waals surface area contributed by atoms with Crippen molar-refractivity contribution in [1.82, 2.24) is 0 Å². The zero-order valence-electron chi connectivity index (χ0n) is 15.7. The van der Waals surface area contributed by atoms with Gasteiger partial charge in [0.05, 0.1) is 17.9 Å². The monoisotopic (exact) mass is 424 g/mol. The van der Waals surface area contributed by atoms with Crippen molar-refractivity contribution in [2.45, 2.75) is 19.5 Å². The van der Waals surface area contributed by atoms with E-state index in [1.807, 2.05) is 48.5 Å². The standard InChI is InChI=1S/C23H18Cl2N2O2/c1-15-22(28)26(14-17-11-12-18(24)13-19(17)25)20-9-5-6-10-21(20)27(15)23(29)16-7-3-2-4-8-16/h2-13,15H,14H2,1H3/t15-/m1/s1. The van der Waals surface area contributed by atoms with Gasteiger partial charge in [-0.15, -0.1) is 0 Å². The lowest BCUT2D eigenvalue weighted by Crippen LogP contribution is -2.54. The molecule has 0 aromatic heterocycles. The van der Waals surface area contributed by atoms with Crippen molar-refractivity contribution in [2.24, 2.45) is 0 Å². The van der Waals surface area contributed by atoms with Crippen LogP contribution in [0.1, 0.15) is 22.8 Å². The second-order valence-corrected chi connectivity index (χ2v) is 7.71. The van der Waals surface area contributed by atoms with Crippen molar-refractivity contribution >= 4 is 46.4 Å². The number of carbonyl (C=O) groups is 2. The van der Waals surface area contributed by atoms with E-state index < -0.39 is 6.04 Å². The van der Waals surface area contributed by atoms with Crippen LogP contribution in [0.4, 0.5) is 11.4 Å². The first-order valence-corrected chi connectivity index (χ1v) is 9.96. The number of carbonyl (C=O) groups excluding carboxylic acids is 2. The Balaban J connectivity index is 1.76. The van der Waals surface area contributed by atoms with Gasteiger partial charge in [-0.3, -0.25) is 14.5 Å². The maximum Gasteiger partial charge on any atom is 0.259 e. The van der Waals surface area contributed by atoms with Crippen LogP contribution in [-0.4, -0.2) is 17.9 Å². The molecule has 0 saturated heterocycles. The molecule has 1 heterocycles. The molecule has 29 heavy (non-hydrogen) atoms. The Hall–Kier alpha value is -2.82. The van der Waals surface area contributed by atoms with Crippen LogP contribution in [0.2, 0.25) is 10.0 Å². The van der Waals surface area contributed by atoms with Gasteiger partial charge in [0, 0.05) is 15.6 Å². The third-order valence-electron chi connectivity index (χ3n) is 5.03. The summed E-state index contributed by atoms with van der Waals surface area (Å²) in [4.78, 5) is 29.7. The minimum Gasteiger partial charge on any atom is -0.304 e. The topological polar surface area (TPSA) is 40.6 Å². The van der Waals surface area contributed by atoms with Crippen molar-refractivity contribution in [2.75, 3.05) is 9.80 Å². The highest BCUT2D eigenvalue weighted by Crippen LogP contribution is 2.38. The highest BCUT2D eigenvalue weighted by molar-refractivity contribution is 6.35. The normalized spacial score (nSPS) is 16.0. The summed E-state index contributed by atoms with van der Waals surface area (Å²) in [5.74, 6) is -0.373. The zero-order chi connectivity index (χ0) is 20.5. The number of rotatable bonds is 3. The first-order chi connectivity index (χ1) is 14.0. The number of fused-ring (bicyclic) bond motifs is 1. The summed E-state index contributed by atoms with van der Waals surface area (Å²) < 4.78 is 0. The predicted molar refractivity (Wildman–Crippen MR) is 117 cm³/mol. The van der Waals surface area contributed by atoms with Crippen LogP contribution >= 0.6 is 23.2 Å². The van der Waals surface area contributed by atoms with E-state index in [0.29, 0.717) is 33.5 Å². The summed E-state index contributed by atoms with van der Waals surface area (Å²) in [6, 6.07) is 21.0. The van der Waals surface area contributed by atoms with Gasteiger partial charge < -0.3 is 4.90 Å². The van der Waals surface area contributed by atoms with Crippen LogP contribution in [0.15, 0.2) is 72.8 Å². The molecule has 0 N–H and O–H groups in total. The van der Waals surface area contributed by atoms with Crippen LogP contribution in [0.5, 0.6) is 0 Å². The summed E-state index contributed by atoms with van der Waals surface area (Å²) in [5.41, 5.74) is 2.69. The number of anilines is 2. The van der Waals surface area contributed by atoms with Crippen molar-refractivity contribution in [1.29, 1.82) is 0 Å². The molecule has 146 valence electrons. The Morgan fingerprint density at radius 2 is 1.59 bits per heavy atom. The number of hydrogen-bond acceptors (Lipinski definition) is 2. The molecule has 1 atom stereocenters. The Morgan fingerprint density at radius 1 is 0.931 bits per heavy atom. The molecule has 0 aliphatic carbocycles. The molecule has 0 saturated carbocycles. The van der Waals surface area contributed by atoms with E-state index >= 15 is 0 Å². The fourth-order valence-electron chi connectivity index (χ4n) is 3.55. The Bertz CT molecular complexity index is 1090. The van der Waals surface area contributed by atoms with Crippen molar-refractivity contribution in [3.63, 3.8) is 0 Å².